The third-order valence-electron chi connectivity index (χ3n) is 8.86. The van der Waals surface area contributed by atoms with Gasteiger partial charge in [0.15, 0.2) is 17.3 Å². The average Bonchev–Trinajstić information content (AvgIpc) is 3.55. The van der Waals surface area contributed by atoms with Gasteiger partial charge in [0.1, 0.15) is 29.1 Å². The maximum absolute atomic E-state index is 14.0. The summed E-state index contributed by atoms with van der Waals surface area (Å²) in [5, 5.41) is 8.83. The number of likely N-dealkylation sites (N-methyl/N-ethyl adjacent to an activating group) is 2. The van der Waals surface area contributed by atoms with Crippen molar-refractivity contribution >= 4 is 46.9 Å². The van der Waals surface area contributed by atoms with Crippen molar-refractivity contribution in [3.63, 3.8) is 0 Å². The smallest absolute Gasteiger partial charge is 0.335 e. The number of amides is 4. The summed E-state index contributed by atoms with van der Waals surface area (Å²) in [6, 6.07) is 7.07. The number of hydrogen-bond donors (Lipinski definition) is 1. The number of nitrogens with zero attached hydrogens (tertiary/aromatic N) is 4. The molecule has 15 heteroatoms. The molecule has 1 N–H and O–H groups in total. The minimum absolute atomic E-state index is 0.00333. The van der Waals surface area contributed by atoms with E-state index in [-0.39, 0.29) is 67.1 Å². The summed E-state index contributed by atoms with van der Waals surface area (Å²) in [6.07, 6.45) is 3.05. The Morgan fingerprint density at radius 3 is 1.47 bits per heavy atom. The molecule has 0 unspecified atom stereocenters. The van der Waals surface area contributed by atoms with E-state index in [1.807, 2.05) is 0 Å². The molecule has 2 aromatic carbocycles. The molecular weight excluding hydrogens is 670 g/mol. The van der Waals surface area contributed by atoms with Crippen molar-refractivity contribution < 1.29 is 52.2 Å². The second-order valence-corrected chi connectivity index (χ2v) is 12.9. The van der Waals surface area contributed by atoms with Gasteiger partial charge in [-0.15, -0.1) is 0 Å². The van der Waals surface area contributed by atoms with E-state index in [1.54, 1.807) is 33.7 Å². The lowest BCUT2D eigenvalue weighted by Crippen LogP contribution is -2.35. The molecule has 51 heavy (non-hydrogen) atoms. The van der Waals surface area contributed by atoms with Crippen molar-refractivity contribution in [1.29, 1.82) is 0 Å². The number of rotatable bonds is 7. The highest BCUT2D eigenvalue weighted by atomic mass is 19.1. The van der Waals surface area contributed by atoms with Crippen LogP contribution >= 0.6 is 0 Å². The number of benzene rings is 2. The first-order chi connectivity index (χ1) is 24.1. The van der Waals surface area contributed by atoms with Gasteiger partial charge in [0.05, 0.1) is 12.0 Å². The number of hydrogen-bond acceptors (Lipinski definition) is 8. The van der Waals surface area contributed by atoms with Crippen molar-refractivity contribution in [2.75, 3.05) is 40.3 Å². The van der Waals surface area contributed by atoms with E-state index in [2.05, 4.69) is 0 Å². The molecule has 0 atom stereocenters. The van der Waals surface area contributed by atoms with Gasteiger partial charge < -0.3 is 24.7 Å². The fraction of sp³-hybridized carbons (Fsp3) is 0.444. The molecule has 0 radical (unpaired) electrons. The first kappa shape index (κ1) is 38.5. The number of carbonyl (C=O) groups is 8. The number of Topliss-reactive ketones (excluding diaryl/α,β-unsaturated/α-hetero) is 5. The number of carboxylic acid groups (broad SMARTS) is 1. The number of halogens is 2. The van der Waals surface area contributed by atoms with Crippen molar-refractivity contribution in [2.24, 2.45) is 5.92 Å². The van der Waals surface area contributed by atoms with Gasteiger partial charge in [-0.1, -0.05) is 0 Å². The summed E-state index contributed by atoms with van der Waals surface area (Å²) in [5.41, 5.74) is 0.840. The molecular formula is C36H40F2N4O9. The normalized spacial score (nSPS) is 18.1. The van der Waals surface area contributed by atoms with E-state index in [0.29, 0.717) is 56.6 Å². The summed E-state index contributed by atoms with van der Waals surface area (Å²) in [5.74, 6) is -4.96. The van der Waals surface area contributed by atoms with E-state index in [4.69, 9.17) is 5.11 Å². The molecule has 13 nitrogen and oxygen atoms in total. The molecule has 272 valence electrons. The Balaban J connectivity index is 0.000000194. The van der Waals surface area contributed by atoms with E-state index >= 15 is 0 Å². The van der Waals surface area contributed by atoms with Crippen LogP contribution in [0.5, 0.6) is 0 Å². The third-order valence-corrected chi connectivity index (χ3v) is 8.86. The lowest BCUT2D eigenvalue weighted by atomic mass is 9.81. The number of urea groups is 2. The lowest BCUT2D eigenvalue weighted by molar-refractivity contribution is -0.133. The molecule has 2 saturated heterocycles. The van der Waals surface area contributed by atoms with Crippen molar-refractivity contribution in [3.05, 3.63) is 70.3 Å². The van der Waals surface area contributed by atoms with Crippen LogP contribution in [0.3, 0.4) is 0 Å². The lowest BCUT2D eigenvalue weighted by Gasteiger charge is -2.19. The summed E-state index contributed by atoms with van der Waals surface area (Å²) in [6.45, 7) is 2.70. The zero-order valence-corrected chi connectivity index (χ0v) is 28.5. The second kappa shape index (κ2) is 17.1. The van der Waals surface area contributed by atoms with Crippen LogP contribution in [0.25, 0.3) is 0 Å². The van der Waals surface area contributed by atoms with Gasteiger partial charge >= 0.3 is 18.0 Å². The van der Waals surface area contributed by atoms with Gasteiger partial charge in [-0.25, -0.2) is 23.2 Å². The van der Waals surface area contributed by atoms with Crippen LogP contribution in [0, 0.1) is 17.6 Å². The number of aromatic carboxylic acids is 1. The van der Waals surface area contributed by atoms with Crippen molar-refractivity contribution in [1.82, 2.24) is 19.6 Å². The fourth-order valence-electron chi connectivity index (χ4n) is 6.13. The first-order valence-electron chi connectivity index (χ1n) is 16.6. The molecule has 4 amide bonds. The molecule has 4 fully saturated rings. The van der Waals surface area contributed by atoms with Gasteiger partial charge in [0, 0.05) is 84.6 Å². The Hall–Kier alpha value is -5.34. The van der Waals surface area contributed by atoms with Gasteiger partial charge in [0.25, 0.3) is 0 Å². The van der Waals surface area contributed by atoms with Crippen LogP contribution in [0.15, 0.2) is 36.4 Å². The van der Waals surface area contributed by atoms with Crippen LogP contribution in [0.4, 0.5) is 18.4 Å². The Kier molecular flexibility index (Phi) is 12.9. The van der Waals surface area contributed by atoms with Gasteiger partial charge in [-0.3, -0.25) is 24.0 Å². The Morgan fingerprint density at radius 2 is 1.08 bits per heavy atom. The highest BCUT2D eigenvalue weighted by Crippen LogP contribution is 2.24. The van der Waals surface area contributed by atoms with Gasteiger partial charge in [-0.05, 0) is 60.4 Å². The van der Waals surface area contributed by atoms with Crippen LogP contribution in [-0.4, -0.2) is 112 Å². The van der Waals surface area contributed by atoms with Crippen molar-refractivity contribution in [2.45, 2.75) is 58.0 Å². The standard InChI is InChI=1S/C18H19FN2O4.C12H13FN2O3.C6H8O2/c1-20-5-6-21(18(20)25)10-11-7-12(9-13(19)8-11)17(24)16-14(22)3-2-4-15(16)23;1-14-2-3-15(12(14)18)7-8-4-9(11(16)17)6-10(13)5-8;7-5-2-1-3-6(8)4-5/h7-9,16H,2-6,10H2,1H3;4-6H,2-3,7H2,1H3,(H,16,17);1-4H2. The predicted octanol–water partition coefficient (Wildman–Crippen LogP) is 3.90. The zero-order chi connectivity index (χ0) is 37.4. The fourth-order valence-corrected chi connectivity index (χ4v) is 6.13. The maximum atomic E-state index is 14.0. The first-order valence-corrected chi connectivity index (χ1v) is 16.6. The van der Waals surface area contributed by atoms with Crippen molar-refractivity contribution in [3.8, 4) is 0 Å². The molecule has 2 saturated carbocycles. The number of carbonyl (C=O) groups excluding carboxylic acids is 7. The summed E-state index contributed by atoms with van der Waals surface area (Å²) >= 11 is 0. The van der Waals surface area contributed by atoms with Crippen LogP contribution in [0.1, 0.15) is 76.8 Å². The van der Waals surface area contributed by atoms with E-state index < -0.39 is 40.9 Å². The minimum atomic E-state index is -1.32. The highest BCUT2D eigenvalue weighted by Gasteiger charge is 2.37. The van der Waals surface area contributed by atoms with E-state index in [9.17, 15) is 47.1 Å². The molecule has 2 aliphatic heterocycles. The quantitative estimate of drug-likeness (QED) is 0.331. The highest BCUT2D eigenvalue weighted by molar-refractivity contribution is 6.25. The second-order valence-electron chi connectivity index (χ2n) is 12.9. The third kappa shape index (κ3) is 10.3. The number of ketones is 5. The topological polar surface area (TPSA) is 170 Å². The largest absolute Gasteiger partial charge is 0.478 e. The van der Waals surface area contributed by atoms with E-state index in [0.717, 1.165) is 18.6 Å². The predicted molar refractivity (Wildman–Crippen MR) is 177 cm³/mol. The van der Waals surface area contributed by atoms with Crippen LogP contribution in [-0.2, 0) is 32.3 Å². The molecule has 0 spiro atoms. The van der Waals surface area contributed by atoms with Crippen LogP contribution in [0.2, 0.25) is 0 Å². The molecule has 2 aliphatic carbocycles. The Morgan fingerprint density at radius 1 is 0.647 bits per heavy atom. The zero-order valence-electron chi connectivity index (χ0n) is 28.5. The molecule has 4 aliphatic rings. The molecule has 6 rings (SSSR count). The summed E-state index contributed by atoms with van der Waals surface area (Å²) in [4.78, 5) is 98.0. The van der Waals surface area contributed by atoms with Gasteiger partial charge in [-0.2, -0.15) is 0 Å². The van der Waals surface area contributed by atoms with E-state index in [1.165, 1.54) is 24.3 Å². The Bertz CT molecular complexity index is 1720. The van der Waals surface area contributed by atoms with Gasteiger partial charge in [0.2, 0.25) is 0 Å². The Labute approximate surface area is 293 Å². The molecule has 2 heterocycles. The molecule has 0 bridgehead atoms. The molecule has 2 aromatic rings. The average molecular weight is 711 g/mol. The SMILES string of the molecule is CN1CCN(Cc2cc(F)cc(C(=O)C3C(=O)CCCC3=O)c2)C1=O.CN1CCN(Cc2cc(F)cc(C(=O)O)c2)C1=O.O=C1CCCC(=O)C1. The minimum Gasteiger partial charge on any atom is -0.478 e. The monoisotopic (exact) mass is 710 g/mol. The molecule has 0 aromatic heterocycles. The number of carboxylic acids is 1. The van der Waals surface area contributed by atoms with Crippen LogP contribution < -0.4 is 0 Å². The summed E-state index contributed by atoms with van der Waals surface area (Å²) < 4.78 is 27.2. The summed E-state index contributed by atoms with van der Waals surface area (Å²) in [7, 11) is 3.37. The maximum Gasteiger partial charge on any atom is 0.335 e.